The van der Waals surface area contributed by atoms with E-state index in [1.807, 2.05) is 12.1 Å². The third-order valence-corrected chi connectivity index (χ3v) is 3.96. The average Bonchev–Trinajstić information content (AvgIpc) is 2.04. The Morgan fingerprint density at radius 2 is 1.69 bits per heavy atom. The van der Waals surface area contributed by atoms with Gasteiger partial charge in [-0.3, -0.25) is 0 Å². The summed E-state index contributed by atoms with van der Waals surface area (Å²) in [7, 11) is -1.21. The normalized spacial score (nSPS) is 10.7. The smallest absolute Gasteiger partial charge is 0.0656 e. The molecule has 0 atom stereocenters. The summed E-state index contributed by atoms with van der Waals surface area (Å²) in [5.74, 6) is 0. The minimum atomic E-state index is -1.21. The van der Waals surface area contributed by atoms with Crippen LogP contribution in [0.15, 0.2) is 29.4 Å². The van der Waals surface area contributed by atoms with Crippen molar-refractivity contribution >= 4 is 18.9 Å². The van der Waals surface area contributed by atoms with Gasteiger partial charge in [0.05, 0.1) is 8.07 Å². The highest BCUT2D eigenvalue weighted by Crippen LogP contribution is 2.11. The van der Waals surface area contributed by atoms with Gasteiger partial charge in [0.15, 0.2) is 0 Å². The summed E-state index contributed by atoms with van der Waals surface area (Å²) >= 11 is 0. The molecule has 0 aliphatic rings. The molecule has 0 bridgehead atoms. The van der Waals surface area contributed by atoms with E-state index in [0.717, 1.165) is 0 Å². The highest BCUT2D eigenvalue weighted by molar-refractivity contribution is 6.88. The first-order chi connectivity index (χ1) is 6.04. The van der Waals surface area contributed by atoms with Gasteiger partial charge in [-0.1, -0.05) is 54.2 Å². The van der Waals surface area contributed by atoms with E-state index in [1.54, 1.807) is 0 Å². The Morgan fingerprint density at radius 1 is 1.15 bits per heavy atom. The number of azide groups is 1. The average molecular weight is 191 g/mol. The molecule has 0 N–H and O–H groups in total. The molecule has 0 aliphatic heterocycles. The fourth-order valence-corrected chi connectivity index (χ4v) is 2.25. The van der Waals surface area contributed by atoms with Crippen LogP contribution in [-0.4, -0.2) is 8.07 Å². The zero-order valence-corrected chi connectivity index (χ0v) is 9.15. The summed E-state index contributed by atoms with van der Waals surface area (Å²) in [5.41, 5.74) is 8.90. The summed E-state index contributed by atoms with van der Waals surface area (Å²) in [6, 6.07) is 7.84. The zero-order chi connectivity index (χ0) is 9.90. The van der Waals surface area contributed by atoms with Crippen molar-refractivity contribution in [1.82, 2.24) is 0 Å². The Balaban J connectivity index is 3.00. The first kappa shape index (κ1) is 9.83. The molecule has 4 heteroatoms. The van der Waals surface area contributed by atoms with Crippen molar-refractivity contribution in [3.05, 3.63) is 34.7 Å². The summed E-state index contributed by atoms with van der Waals surface area (Å²) in [4.78, 5) is 2.73. The molecule has 0 aliphatic carbocycles. The van der Waals surface area contributed by atoms with Crippen LogP contribution in [0.4, 0.5) is 5.69 Å². The molecule has 0 saturated heterocycles. The quantitative estimate of drug-likeness (QED) is 0.298. The number of hydrogen-bond donors (Lipinski definition) is 0. The lowest BCUT2D eigenvalue weighted by Gasteiger charge is -2.15. The molecular formula is C9H13N3Si. The van der Waals surface area contributed by atoms with E-state index in [-0.39, 0.29) is 0 Å². The first-order valence-corrected chi connectivity index (χ1v) is 7.69. The van der Waals surface area contributed by atoms with Gasteiger partial charge in [-0.2, -0.15) is 0 Å². The molecule has 0 spiro atoms. The van der Waals surface area contributed by atoms with Gasteiger partial charge in [0.25, 0.3) is 0 Å². The van der Waals surface area contributed by atoms with E-state index >= 15 is 0 Å². The van der Waals surface area contributed by atoms with Crippen molar-refractivity contribution in [3.8, 4) is 0 Å². The molecule has 0 fully saturated rings. The lowest BCUT2D eigenvalue weighted by atomic mass is 10.3. The van der Waals surface area contributed by atoms with Gasteiger partial charge < -0.3 is 0 Å². The maximum atomic E-state index is 8.22. The number of nitrogens with zero attached hydrogens (tertiary/aromatic N) is 3. The first-order valence-electron chi connectivity index (χ1n) is 4.19. The van der Waals surface area contributed by atoms with Crippen LogP contribution >= 0.6 is 0 Å². The summed E-state index contributed by atoms with van der Waals surface area (Å²) in [6.07, 6.45) is 0. The van der Waals surface area contributed by atoms with E-state index in [0.29, 0.717) is 5.69 Å². The topological polar surface area (TPSA) is 48.8 Å². The number of benzene rings is 1. The van der Waals surface area contributed by atoms with Crippen molar-refractivity contribution in [2.45, 2.75) is 19.6 Å². The Morgan fingerprint density at radius 3 is 2.08 bits per heavy atom. The minimum Gasteiger partial charge on any atom is -0.0656 e. The molecule has 1 aromatic carbocycles. The monoisotopic (exact) mass is 191 g/mol. The fraction of sp³-hybridized carbons (Fsp3) is 0.333. The van der Waals surface area contributed by atoms with E-state index in [4.69, 9.17) is 5.53 Å². The van der Waals surface area contributed by atoms with Gasteiger partial charge in [-0.15, -0.1) is 0 Å². The molecule has 0 heterocycles. The van der Waals surface area contributed by atoms with Gasteiger partial charge in [-0.25, -0.2) is 0 Å². The minimum absolute atomic E-state index is 0.685. The Labute approximate surface area is 79.0 Å². The van der Waals surface area contributed by atoms with Crippen molar-refractivity contribution in [2.24, 2.45) is 5.11 Å². The standard InChI is InChI=1S/C9H13N3Si/c1-13(2,3)9-6-4-8(5-7-9)11-12-10/h4-7H,1-3H3. The van der Waals surface area contributed by atoms with Crippen LogP contribution in [0.2, 0.25) is 19.6 Å². The molecule has 1 aromatic rings. The predicted octanol–water partition coefficient (Wildman–Crippen LogP) is 3.17. The Kier molecular flexibility index (Phi) is 2.75. The lowest BCUT2D eigenvalue weighted by molar-refractivity contribution is 1.48. The van der Waals surface area contributed by atoms with Crippen molar-refractivity contribution in [3.63, 3.8) is 0 Å². The second kappa shape index (κ2) is 3.64. The zero-order valence-electron chi connectivity index (χ0n) is 8.15. The van der Waals surface area contributed by atoms with Crippen molar-refractivity contribution in [2.75, 3.05) is 0 Å². The molecule has 0 unspecified atom stereocenters. The SMILES string of the molecule is C[Si](C)(C)c1ccc(N=[N+]=[N-])cc1. The summed E-state index contributed by atoms with van der Waals surface area (Å²) < 4.78 is 0. The molecular weight excluding hydrogens is 178 g/mol. The van der Waals surface area contributed by atoms with Crippen LogP contribution in [0.5, 0.6) is 0 Å². The van der Waals surface area contributed by atoms with E-state index in [1.165, 1.54) is 5.19 Å². The van der Waals surface area contributed by atoms with E-state index in [9.17, 15) is 0 Å². The molecule has 0 saturated carbocycles. The fourth-order valence-electron chi connectivity index (χ4n) is 1.08. The summed E-state index contributed by atoms with van der Waals surface area (Å²) in [5, 5.41) is 4.90. The van der Waals surface area contributed by atoms with Crippen LogP contribution in [0.25, 0.3) is 10.4 Å². The highest BCUT2D eigenvalue weighted by Gasteiger charge is 2.15. The third kappa shape index (κ3) is 2.61. The largest absolute Gasteiger partial charge is 0.0775 e. The predicted molar refractivity (Wildman–Crippen MR) is 58.2 cm³/mol. The van der Waals surface area contributed by atoms with Crippen LogP contribution in [0.1, 0.15) is 0 Å². The van der Waals surface area contributed by atoms with Crippen LogP contribution < -0.4 is 5.19 Å². The molecule has 0 aromatic heterocycles. The Hall–Kier alpha value is -1.25. The second-order valence-corrected chi connectivity index (χ2v) is 9.06. The molecule has 0 radical (unpaired) electrons. The molecule has 0 amide bonds. The van der Waals surface area contributed by atoms with Crippen LogP contribution in [0, 0.1) is 0 Å². The molecule has 68 valence electrons. The maximum Gasteiger partial charge on any atom is 0.0775 e. The van der Waals surface area contributed by atoms with E-state index < -0.39 is 8.07 Å². The molecule has 3 nitrogen and oxygen atoms in total. The molecule has 1 rings (SSSR count). The van der Waals surface area contributed by atoms with Gasteiger partial charge in [0.2, 0.25) is 0 Å². The third-order valence-electron chi connectivity index (χ3n) is 1.89. The number of hydrogen-bond acceptors (Lipinski definition) is 1. The lowest BCUT2D eigenvalue weighted by Crippen LogP contribution is -2.37. The number of rotatable bonds is 2. The van der Waals surface area contributed by atoms with Gasteiger partial charge in [0, 0.05) is 10.6 Å². The Bertz CT molecular complexity index is 331. The van der Waals surface area contributed by atoms with Gasteiger partial charge in [0.1, 0.15) is 0 Å². The van der Waals surface area contributed by atoms with Gasteiger partial charge in [-0.05, 0) is 5.53 Å². The van der Waals surface area contributed by atoms with Crippen LogP contribution in [0.3, 0.4) is 0 Å². The van der Waals surface area contributed by atoms with Crippen LogP contribution in [-0.2, 0) is 0 Å². The highest BCUT2D eigenvalue weighted by atomic mass is 28.3. The van der Waals surface area contributed by atoms with Crippen molar-refractivity contribution in [1.29, 1.82) is 0 Å². The van der Waals surface area contributed by atoms with E-state index in [2.05, 4.69) is 41.8 Å². The van der Waals surface area contributed by atoms with Gasteiger partial charge >= 0.3 is 0 Å². The summed E-state index contributed by atoms with van der Waals surface area (Å²) in [6.45, 7) is 6.86. The second-order valence-electron chi connectivity index (χ2n) is 3.99. The molecule has 13 heavy (non-hydrogen) atoms. The maximum absolute atomic E-state index is 8.22. The van der Waals surface area contributed by atoms with Crippen molar-refractivity contribution < 1.29 is 0 Å².